The summed E-state index contributed by atoms with van der Waals surface area (Å²) in [5.74, 6) is -1.01. The molecule has 0 saturated heterocycles. The molecule has 0 aliphatic heterocycles. The number of hydrogen-bond acceptors (Lipinski definition) is 10. The van der Waals surface area contributed by atoms with Crippen molar-refractivity contribution in [2.45, 2.75) is 16.7 Å². The predicted molar refractivity (Wildman–Crippen MR) is 183 cm³/mol. The molecule has 2 radical (unpaired) electrons. The van der Waals surface area contributed by atoms with Gasteiger partial charge in [0.1, 0.15) is 32.5 Å². The number of imidazole rings is 1. The van der Waals surface area contributed by atoms with Gasteiger partial charge in [-0.25, -0.2) is 9.66 Å². The number of para-hydroxylation sites is 1. The molecule has 0 aliphatic carbocycles. The number of amides is 1. The number of azo groups is 1. The van der Waals surface area contributed by atoms with Crippen molar-refractivity contribution >= 4 is 157 Å². The van der Waals surface area contributed by atoms with Crippen LogP contribution in [0.3, 0.4) is 0 Å². The third kappa shape index (κ3) is 8.26. The van der Waals surface area contributed by atoms with Gasteiger partial charge in [0, 0.05) is 64.8 Å². The average Bonchev–Trinajstić information content (AvgIpc) is 3.27. The van der Waals surface area contributed by atoms with Crippen molar-refractivity contribution in [1.29, 1.82) is 0 Å². The number of aromatic nitrogens is 2. The van der Waals surface area contributed by atoms with Gasteiger partial charge < -0.3 is 10.4 Å². The molecule has 5 aromatic rings. The van der Waals surface area contributed by atoms with Crippen LogP contribution >= 0.6 is 27.5 Å². The van der Waals surface area contributed by atoms with E-state index in [0.717, 1.165) is 24.3 Å². The summed E-state index contributed by atoms with van der Waals surface area (Å²) in [5, 5.41) is 22.1. The summed E-state index contributed by atoms with van der Waals surface area (Å²) >= 11 is 9.24. The third-order valence-electron chi connectivity index (χ3n) is 6.38. The second kappa shape index (κ2) is 15.0. The maximum Gasteiger partial charge on any atom is 0.296 e. The van der Waals surface area contributed by atoms with E-state index in [1.807, 2.05) is 0 Å². The first kappa shape index (κ1) is 39.1. The summed E-state index contributed by atoms with van der Waals surface area (Å²) in [4.78, 5) is 14.9. The molecule has 0 spiro atoms. The number of fused-ring (bicyclic) bond motifs is 3. The first-order valence-electron chi connectivity index (χ1n) is 12.4. The standard InChI is InChI=1S/C27H20BrClN6O8S2.2Na/c1-13(28)27(37)31-16-8-10-21(44(38,39)40)20(12-16)32-33-24-22(45(41,42)43)11-15-7-9-19-25(23(15)26(24)36)35(14(2)30-19)34-18-6-4-3-5-17(18)29;;/h3-12,34,36H,1H2,2H3,(H,31,37)(H,38,39,40)(H,41,42,43);;. The Kier molecular flexibility index (Phi) is 12.5. The van der Waals surface area contributed by atoms with Gasteiger partial charge in [-0.15, -0.1) is 10.2 Å². The summed E-state index contributed by atoms with van der Waals surface area (Å²) in [6.07, 6.45) is 0. The van der Waals surface area contributed by atoms with Gasteiger partial charge in [-0.3, -0.25) is 19.3 Å². The van der Waals surface area contributed by atoms with Crippen LogP contribution in [0.5, 0.6) is 5.75 Å². The number of benzene rings is 4. The number of carbonyl (C=O) groups is 1. The molecule has 5 rings (SSSR count). The van der Waals surface area contributed by atoms with Crippen LogP contribution in [-0.2, 0) is 25.0 Å². The van der Waals surface area contributed by atoms with Gasteiger partial charge in [0.15, 0.2) is 5.75 Å². The summed E-state index contributed by atoms with van der Waals surface area (Å²) in [6.45, 7) is 5.11. The van der Waals surface area contributed by atoms with Crippen LogP contribution in [0.4, 0.5) is 22.7 Å². The number of nitrogens with one attached hydrogen (secondary N) is 2. The van der Waals surface area contributed by atoms with Crippen LogP contribution in [0, 0.1) is 6.92 Å². The number of phenolic OH excluding ortho intramolecular Hbond substituents is 1. The van der Waals surface area contributed by atoms with Crippen LogP contribution < -0.4 is 10.7 Å². The van der Waals surface area contributed by atoms with E-state index in [9.17, 15) is 35.8 Å². The predicted octanol–water partition coefficient (Wildman–Crippen LogP) is 5.73. The SMILES string of the molecule is C=C(Br)C(=O)Nc1ccc(S(=O)(=O)O)c(N=Nc2c(S(=O)(=O)O)cc3ccc4nc(C)n(Nc5ccccc5Cl)c4c3c2O)c1.[Na].[Na]. The van der Waals surface area contributed by atoms with Gasteiger partial charge in [-0.1, -0.05) is 36.4 Å². The van der Waals surface area contributed by atoms with E-state index in [1.54, 1.807) is 37.3 Å². The monoisotopic (exact) mass is 780 g/mol. The van der Waals surface area contributed by atoms with Gasteiger partial charge in [0.25, 0.3) is 26.1 Å². The molecular formula is C27H20BrClN6Na2O8S2. The van der Waals surface area contributed by atoms with E-state index in [0.29, 0.717) is 22.1 Å². The zero-order valence-corrected chi connectivity index (χ0v) is 32.7. The Balaban J connectivity index is 0.00000300. The molecule has 5 N–H and O–H groups in total. The molecule has 0 bridgehead atoms. The number of aromatic hydroxyl groups is 1. The van der Waals surface area contributed by atoms with Crippen molar-refractivity contribution in [3.8, 4) is 5.75 Å². The quantitative estimate of drug-likeness (QED) is 0.0559. The molecule has 0 unspecified atom stereocenters. The molecule has 1 amide bonds. The second-order valence-corrected chi connectivity index (χ2v) is 13.5. The Morgan fingerprint density at radius 1 is 0.979 bits per heavy atom. The summed E-state index contributed by atoms with van der Waals surface area (Å²) in [5.41, 5.74) is 2.95. The van der Waals surface area contributed by atoms with Gasteiger partial charge in [0.05, 0.1) is 26.1 Å². The van der Waals surface area contributed by atoms with Crippen LogP contribution in [0.15, 0.2) is 91.7 Å². The van der Waals surface area contributed by atoms with Gasteiger partial charge in [-0.2, -0.15) is 16.8 Å². The van der Waals surface area contributed by atoms with Crippen molar-refractivity contribution < 1.29 is 35.8 Å². The fourth-order valence-electron chi connectivity index (χ4n) is 4.41. The van der Waals surface area contributed by atoms with Gasteiger partial charge >= 0.3 is 0 Å². The maximum absolute atomic E-state index is 12.4. The van der Waals surface area contributed by atoms with E-state index in [2.05, 4.69) is 48.5 Å². The normalized spacial score (nSPS) is 11.7. The van der Waals surface area contributed by atoms with Crippen molar-refractivity contribution in [2.24, 2.45) is 10.2 Å². The van der Waals surface area contributed by atoms with Crippen LogP contribution in [-0.4, -0.2) is 106 Å². The molecule has 0 fully saturated rings. The minimum Gasteiger partial charge on any atom is -0.505 e. The maximum atomic E-state index is 12.4. The Morgan fingerprint density at radius 3 is 2.26 bits per heavy atom. The summed E-state index contributed by atoms with van der Waals surface area (Å²) in [7, 11) is -9.95. The molecular weight excluding hydrogens is 762 g/mol. The van der Waals surface area contributed by atoms with Crippen LogP contribution in [0.2, 0.25) is 5.02 Å². The largest absolute Gasteiger partial charge is 0.505 e. The minimum atomic E-state index is -5.05. The number of aryl methyl sites for hydroxylation is 1. The fourth-order valence-corrected chi connectivity index (χ4v) is 5.95. The van der Waals surface area contributed by atoms with E-state index >= 15 is 0 Å². The molecule has 47 heavy (non-hydrogen) atoms. The molecule has 0 saturated carbocycles. The summed E-state index contributed by atoms with van der Waals surface area (Å²) in [6, 6.07) is 14.0. The zero-order chi connectivity index (χ0) is 32.8. The average molecular weight is 782 g/mol. The van der Waals surface area contributed by atoms with Crippen LogP contribution in [0.1, 0.15) is 5.82 Å². The molecule has 234 valence electrons. The third-order valence-corrected chi connectivity index (χ3v) is 8.84. The summed E-state index contributed by atoms with van der Waals surface area (Å²) < 4.78 is 70.3. The van der Waals surface area contributed by atoms with E-state index in [-0.39, 0.29) is 85.6 Å². The topological polar surface area (TPSA) is 213 Å². The fraction of sp³-hybridized carbons (Fsp3) is 0.0370. The molecule has 14 nitrogen and oxygen atoms in total. The van der Waals surface area contributed by atoms with E-state index < -0.39 is 53.1 Å². The van der Waals surface area contributed by atoms with Gasteiger partial charge in [0.2, 0.25) is 0 Å². The second-order valence-electron chi connectivity index (χ2n) is 9.38. The van der Waals surface area contributed by atoms with Crippen molar-refractivity contribution in [3.05, 3.63) is 82.6 Å². The first-order valence-corrected chi connectivity index (χ1v) is 16.5. The Morgan fingerprint density at radius 2 is 1.64 bits per heavy atom. The molecule has 20 heteroatoms. The Labute approximate surface area is 325 Å². The minimum absolute atomic E-state index is 0. The number of hydrogen-bond donors (Lipinski definition) is 5. The first-order chi connectivity index (χ1) is 21.1. The van der Waals surface area contributed by atoms with E-state index in [4.69, 9.17) is 11.6 Å². The number of rotatable bonds is 8. The van der Waals surface area contributed by atoms with Gasteiger partial charge in [-0.05, 0) is 70.7 Å². The molecule has 0 atom stereocenters. The van der Waals surface area contributed by atoms with Crippen LogP contribution in [0.25, 0.3) is 21.8 Å². The number of nitrogens with zero attached hydrogens (tertiary/aromatic N) is 4. The number of phenols is 1. The Bertz CT molecular complexity index is 2340. The molecule has 1 heterocycles. The van der Waals surface area contributed by atoms with Crippen molar-refractivity contribution in [3.63, 3.8) is 0 Å². The number of halogens is 2. The van der Waals surface area contributed by atoms with Crippen molar-refractivity contribution in [1.82, 2.24) is 9.66 Å². The molecule has 4 aromatic carbocycles. The molecule has 1 aromatic heterocycles. The van der Waals surface area contributed by atoms with Crippen molar-refractivity contribution in [2.75, 3.05) is 10.7 Å². The smallest absolute Gasteiger partial charge is 0.296 e. The Hall–Kier alpha value is -2.39. The zero-order valence-electron chi connectivity index (χ0n) is 24.7. The molecule has 0 aliphatic rings. The van der Waals surface area contributed by atoms with E-state index in [1.165, 1.54) is 10.7 Å². The number of anilines is 2. The number of carbonyl (C=O) groups excluding carboxylic acids is 1.